The highest BCUT2D eigenvalue weighted by Gasteiger charge is 2.22. The summed E-state index contributed by atoms with van der Waals surface area (Å²) in [5.74, 6) is -8.35. The Kier molecular flexibility index (Phi) is 6.14. The molecule has 0 atom stereocenters. The van der Waals surface area contributed by atoms with Gasteiger partial charge in [0.2, 0.25) is 0 Å². The van der Waals surface area contributed by atoms with Crippen LogP contribution in [0.5, 0.6) is 0 Å². The molecule has 0 saturated carbocycles. The molecule has 0 aliphatic rings. The number of fused-ring (bicyclic) bond motifs is 1. The number of rotatable bonds is 6. The van der Waals surface area contributed by atoms with Crippen molar-refractivity contribution in [3.63, 3.8) is 0 Å². The maximum Gasteiger partial charge on any atom is 0.338 e. The van der Waals surface area contributed by atoms with Gasteiger partial charge in [-0.2, -0.15) is 0 Å². The van der Waals surface area contributed by atoms with E-state index in [1.165, 1.54) is 30.7 Å². The highest BCUT2D eigenvalue weighted by molar-refractivity contribution is 5.97. The third kappa shape index (κ3) is 4.63. The molecule has 5 rings (SSSR count). The van der Waals surface area contributed by atoms with Crippen molar-refractivity contribution in [2.24, 2.45) is 0 Å². The number of aromatic nitrogens is 2. The van der Waals surface area contributed by atoms with E-state index in [0.717, 1.165) is 0 Å². The van der Waals surface area contributed by atoms with Crippen molar-refractivity contribution < 1.29 is 40.7 Å². The van der Waals surface area contributed by atoms with Crippen LogP contribution in [0.3, 0.4) is 0 Å². The number of amides is 1. The Labute approximate surface area is 204 Å². The van der Waals surface area contributed by atoms with Crippen molar-refractivity contribution in [3.05, 3.63) is 89.9 Å². The number of ether oxygens (including phenoxy) is 1. The minimum Gasteiger partial charge on any atom is -0.463 e. The lowest BCUT2D eigenvalue weighted by Gasteiger charge is -2.10. The number of furan rings is 2. The van der Waals surface area contributed by atoms with Crippen LogP contribution >= 0.6 is 0 Å². The molecule has 0 bridgehead atoms. The average Bonchev–Trinajstić information content (AvgIpc) is 3.62. The maximum atomic E-state index is 13.7. The lowest BCUT2D eigenvalue weighted by atomic mass is 10.1. The molecule has 37 heavy (non-hydrogen) atoms. The maximum absolute atomic E-state index is 13.7. The van der Waals surface area contributed by atoms with Gasteiger partial charge in [0.15, 0.2) is 41.4 Å². The quantitative estimate of drug-likeness (QED) is 0.182. The van der Waals surface area contributed by atoms with Crippen LogP contribution in [0, 0.1) is 23.3 Å². The van der Waals surface area contributed by atoms with E-state index in [4.69, 9.17) is 13.6 Å². The van der Waals surface area contributed by atoms with Crippen LogP contribution in [-0.4, -0.2) is 28.5 Å². The number of carbonyl (C=O) groups is 2. The molecule has 0 unspecified atom stereocenters. The Morgan fingerprint density at radius 1 is 0.811 bits per heavy atom. The number of benzene rings is 2. The largest absolute Gasteiger partial charge is 0.463 e. The van der Waals surface area contributed by atoms with Crippen LogP contribution < -0.4 is 5.32 Å². The van der Waals surface area contributed by atoms with Crippen molar-refractivity contribution in [3.8, 4) is 22.9 Å². The van der Waals surface area contributed by atoms with E-state index in [-0.39, 0.29) is 11.6 Å². The molecule has 0 saturated heterocycles. The Hall–Kier alpha value is -5.00. The van der Waals surface area contributed by atoms with Crippen molar-refractivity contribution >= 4 is 28.6 Å². The fourth-order valence-electron chi connectivity index (χ4n) is 3.42. The van der Waals surface area contributed by atoms with Gasteiger partial charge in [0.05, 0.1) is 29.1 Å². The number of carbonyl (C=O) groups excluding carboxylic acids is 2. The second-order valence-electron chi connectivity index (χ2n) is 7.55. The number of hydrogen-bond donors (Lipinski definition) is 1. The molecule has 0 fully saturated rings. The van der Waals surface area contributed by atoms with Gasteiger partial charge in [-0.15, -0.1) is 0 Å². The third-order valence-corrected chi connectivity index (χ3v) is 5.12. The predicted molar refractivity (Wildman–Crippen MR) is 120 cm³/mol. The summed E-state index contributed by atoms with van der Waals surface area (Å²) in [4.78, 5) is 33.6. The Morgan fingerprint density at radius 2 is 1.41 bits per heavy atom. The Balaban J connectivity index is 1.37. The molecule has 0 spiro atoms. The van der Waals surface area contributed by atoms with Gasteiger partial charge in [-0.3, -0.25) is 4.79 Å². The Morgan fingerprint density at radius 3 is 1.97 bits per heavy atom. The summed E-state index contributed by atoms with van der Waals surface area (Å²) >= 11 is 0. The van der Waals surface area contributed by atoms with Crippen LogP contribution in [-0.2, 0) is 9.53 Å². The molecule has 12 heteroatoms. The molecule has 0 aliphatic carbocycles. The highest BCUT2D eigenvalue weighted by Crippen LogP contribution is 2.32. The van der Waals surface area contributed by atoms with Gasteiger partial charge in [0.1, 0.15) is 17.1 Å². The van der Waals surface area contributed by atoms with Crippen molar-refractivity contribution in [2.75, 3.05) is 11.9 Å². The molecule has 2 aromatic carbocycles. The highest BCUT2D eigenvalue weighted by atomic mass is 19.2. The fraction of sp³-hybridized carbons (Fsp3) is 0.0400. The molecular weight excluding hydrogens is 498 g/mol. The van der Waals surface area contributed by atoms with E-state index in [0.29, 0.717) is 33.9 Å². The summed E-state index contributed by atoms with van der Waals surface area (Å²) < 4.78 is 69.9. The molecule has 8 nitrogen and oxygen atoms in total. The lowest BCUT2D eigenvalue weighted by Crippen LogP contribution is -2.22. The number of hydrogen-bond acceptors (Lipinski definition) is 7. The number of nitrogens with one attached hydrogen (secondary N) is 1. The number of anilines is 1. The predicted octanol–water partition coefficient (Wildman–Crippen LogP) is 5.50. The summed E-state index contributed by atoms with van der Waals surface area (Å²) in [6.07, 6.45) is 2.94. The zero-order chi connectivity index (χ0) is 26.1. The zero-order valence-corrected chi connectivity index (χ0v) is 18.4. The summed E-state index contributed by atoms with van der Waals surface area (Å²) in [6.45, 7) is -0.991. The average molecular weight is 511 g/mol. The van der Waals surface area contributed by atoms with Gasteiger partial charge in [-0.1, -0.05) is 0 Å². The standard InChI is InChI=1S/C25H13F4N3O5/c26-13-10-14(27)21(29)24(20(13)28)32-19(33)11-37-25(34)12-5-6-15-16(9-12)31-23(18-4-2-8-36-18)22(30-15)17-3-1-7-35-17/h1-10H,11H2,(H,32,33). The summed E-state index contributed by atoms with van der Waals surface area (Å²) in [6, 6.07) is 11.0. The molecule has 186 valence electrons. The lowest BCUT2D eigenvalue weighted by molar-refractivity contribution is -0.119. The second kappa shape index (κ2) is 9.57. The molecular formula is C25H13F4N3O5. The molecule has 0 aliphatic heterocycles. The first-order chi connectivity index (χ1) is 17.8. The monoisotopic (exact) mass is 511 g/mol. The van der Waals surface area contributed by atoms with Crippen molar-refractivity contribution in [2.45, 2.75) is 0 Å². The van der Waals surface area contributed by atoms with E-state index >= 15 is 0 Å². The smallest absolute Gasteiger partial charge is 0.338 e. The van der Waals surface area contributed by atoms with Gasteiger partial charge in [0.25, 0.3) is 5.91 Å². The van der Waals surface area contributed by atoms with Gasteiger partial charge >= 0.3 is 5.97 Å². The van der Waals surface area contributed by atoms with Gasteiger partial charge in [-0.05, 0) is 42.5 Å². The molecule has 3 aromatic heterocycles. The first-order valence-corrected chi connectivity index (χ1v) is 10.5. The Bertz CT molecular complexity index is 1610. The van der Waals surface area contributed by atoms with E-state index in [1.807, 2.05) is 0 Å². The molecule has 5 aromatic rings. The summed E-state index contributed by atoms with van der Waals surface area (Å²) in [5, 5.41) is 1.65. The van der Waals surface area contributed by atoms with Crippen molar-refractivity contribution in [1.82, 2.24) is 9.97 Å². The first kappa shape index (κ1) is 23.7. The first-order valence-electron chi connectivity index (χ1n) is 10.5. The minimum atomic E-state index is -1.80. The minimum absolute atomic E-state index is 0.00214. The van der Waals surface area contributed by atoms with Gasteiger partial charge < -0.3 is 18.9 Å². The van der Waals surface area contributed by atoms with Crippen LogP contribution in [0.1, 0.15) is 10.4 Å². The van der Waals surface area contributed by atoms with Gasteiger partial charge in [0, 0.05) is 6.07 Å². The second-order valence-corrected chi connectivity index (χ2v) is 7.55. The van der Waals surface area contributed by atoms with E-state index in [1.54, 1.807) is 29.6 Å². The summed E-state index contributed by atoms with van der Waals surface area (Å²) in [7, 11) is 0. The molecule has 0 radical (unpaired) electrons. The van der Waals surface area contributed by atoms with Crippen molar-refractivity contribution in [1.29, 1.82) is 0 Å². The third-order valence-electron chi connectivity index (χ3n) is 5.12. The number of halogens is 4. The van der Waals surface area contributed by atoms with E-state index in [2.05, 4.69) is 9.97 Å². The van der Waals surface area contributed by atoms with Crippen LogP contribution in [0.2, 0.25) is 0 Å². The molecule has 1 amide bonds. The normalized spacial score (nSPS) is 11.0. The summed E-state index contributed by atoms with van der Waals surface area (Å²) in [5.41, 5.74) is 0.115. The fourth-order valence-corrected chi connectivity index (χ4v) is 3.42. The zero-order valence-electron chi connectivity index (χ0n) is 18.4. The SMILES string of the molecule is O=C(COC(=O)c1ccc2nc(-c3ccco3)c(-c3ccco3)nc2c1)Nc1c(F)c(F)cc(F)c1F. The number of nitrogens with zero attached hydrogens (tertiary/aromatic N) is 2. The van der Waals surface area contributed by atoms with E-state index in [9.17, 15) is 27.2 Å². The van der Waals surface area contributed by atoms with Gasteiger partial charge in [-0.25, -0.2) is 32.3 Å². The van der Waals surface area contributed by atoms with Crippen LogP contribution in [0.25, 0.3) is 33.9 Å². The van der Waals surface area contributed by atoms with E-state index < -0.39 is 47.4 Å². The van der Waals surface area contributed by atoms with Crippen LogP contribution in [0.15, 0.2) is 69.9 Å². The number of esters is 1. The van der Waals surface area contributed by atoms with Crippen LogP contribution in [0.4, 0.5) is 23.2 Å². The topological polar surface area (TPSA) is 107 Å². The molecule has 1 N–H and O–H groups in total. The molecule has 3 heterocycles.